The van der Waals surface area contributed by atoms with Crippen LogP contribution in [0.5, 0.6) is 0 Å². The van der Waals surface area contributed by atoms with Gasteiger partial charge in [0.1, 0.15) is 11.6 Å². The molecule has 10 nitrogen and oxygen atoms in total. The average molecular weight is 441 g/mol. The van der Waals surface area contributed by atoms with Crippen LogP contribution in [0.25, 0.3) is 0 Å². The Morgan fingerprint density at radius 1 is 1.19 bits per heavy atom. The molecule has 31 heavy (non-hydrogen) atoms. The molecule has 3 saturated heterocycles. The molecule has 0 unspecified atom stereocenters. The molecule has 0 aromatic heterocycles. The number of rotatable bonds is 8. The quantitative estimate of drug-likeness (QED) is 0.460. The number of hydrogen-bond donors (Lipinski definition) is 1. The molecule has 176 valence electrons. The number of fused-ring (bicyclic) bond motifs is 2. The lowest BCUT2D eigenvalue weighted by Crippen LogP contribution is -2.50. The topological polar surface area (TPSA) is 101 Å². The van der Waals surface area contributed by atoms with Crippen molar-refractivity contribution in [2.75, 3.05) is 26.3 Å². The van der Waals surface area contributed by atoms with Gasteiger partial charge in [-0.05, 0) is 52.9 Å². The predicted molar refractivity (Wildman–Crippen MR) is 112 cm³/mol. The van der Waals surface area contributed by atoms with Crippen LogP contribution in [0.3, 0.4) is 0 Å². The highest BCUT2D eigenvalue weighted by molar-refractivity contribution is 5.88. The number of amides is 4. The number of nitrogens with zero attached hydrogens (tertiary/aromatic N) is 3. The molecule has 1 N–H and O–H groups in total. The number of urea groups is 1. The molecule has 0 radical (unpaired) electrons. The Hall–Kier alpha value is -2.07. The first-order valence-electron chi connectivity index (χ1n) is 11.3. The Bertz CT molecular complexity index is 667. The zero-order valence-corrected chi connectivity index (χ0v) is 19.1. The molecule has 10 heteroatoms. The highest BCUT2D eigenvalue weighted by atomic mass is 16.7. The van der Waals surface area contributed by atoms with Gasteiger partial charge in [0.2, 0.25) is 0 Å². The number of likely N-dealkylation sites (tertiary alicyclic amines) is 1. The second kappa shape index (κ2) is 10.0. The normalized spacial score (nSPS) is 25.9. The fourth-order valence-corrected chi connectivity index (χ4v) is 4.22. The molecular weight excluding hydrogens is 404 g/mol. The minimum absolute atomic E-state index is 0.00444. The van der Waals surface area contributed by atoms with Gasteiger partial charge < -0.3 is 14.5 Å². The average Bonchev–Trinajstić information content (AvgIpc) is 3.26. The second-order valence-electron chi connectivity index (χ2n) is 9.44. The standard InChI is InChI=1S/C21H36N4O6/c1-5-6-12-30-25-15-9-10-17(24(13-15)19(25)27)18(26)22-29-14-16-8-7-11-23(16)20(28)31-21(2,3)4/h15-17H,5-14H2,1-4H3,(H,22,26)/t15-,16+,17-/m0/s1. The van der Waals surface area contributed by atoms with E-state index in [9.17, 15) is 14.4 Å². The van der Waals surface area contributed by atoms with Gasteiger partial charge in [-0.2, -0.15) is 5.06 Å². The summed E-state index contributed by atoms with van der Waals surface area (Å²) in [6.45, 7) is 9.33. The van der Waals surface area contributed by atoms with Gasteiger partial charge in [-0.15, -0.1) is 0 Å². The lowest BCUT2D eigenvalue weighted by Gasteiger charge is -2.30. The molecule has 3 atom stereocenters. The largest absolute Gasteiger partial charge is 0.444 e. The van der Waals surface area contributed by atoms with E-state index in [0.717, 1.165) is 25.7 Å². The van der Waals surface area contributed by atoms with Gasteiger partial charge in [0.25, 0.3) is 5.91 Å². The van der Waals surface area contributed by atoms with Crippen LogP contribution in [-0.2, 0) is 19.2 Å². The van der Waals surface area contributed by atoms with Gasteiger partial charge >= 0.3 is 12.1 Å². The summed E-state index contributed by atoms with van der Waals surface area (Å²) in [5.74, 6) is -0.343. The molecule has 3 fully saturated rings. The van der Waals surface area contributed by atoms with Crippen LogP contribution in [0.15, 0.2) is 0 Å². The smallest absolute Gasteiger partial charge is 0.410 e. The molecular formula is C21H36N4O6. The number of ether oxygens (including phenoxy) is 1. The molecule has 0 saturated carbocycles. The number of carbonyl (C=O) groups is 3. The van der Waals surface area contributed by atoms with Crippen molar-refractivity contribution in [2.24, 2.45) is 0 Å². The van der Waals surface area contributed by atoms with Gasteiger partial charge in [0, 0.05) is 13.1 Å². The fraction of sp³-hybridized carbons (Fsp3) is 0.857. The van der Waals surface area contributed by atoms with Gasteiger partial charge in [-0.25, -0.2) is 15.1 Å². The molecule has 0 aromatic rings. The Morgan fingerprint density at radius 2 is 1.97 bits per heavy atom. The first-order valence-corrected chi connectivity index (χ1v) is 11.3. The maximum Gasteiger partial charge on any atom is 0.410 e. The van der Waals surface area contributed by atoms with Crippen molar-refractivity contribution in [3.63, 3.8) is 0 Å². The number of carbonyl (C=O) groups excluding carboxylic acids is 3. The molecule has 3 aliphatic heterocycles. The summed E-state index contributed by atoms with van der Waals surface area (Å²) in [4.78, 5) is 52.0. The van der Waals surface area contributed by atoms with E-state index in [-0.39, 0.29) is 36.7 Å². The van der Waals surface area contributed by atoms with Gasteiger partial charge in [0.15, 0.2) is 0 Å². The van der Waals surface area contributed by atoms with E-state index < -0.39 is 11.6 Å². The molecule has 3 aliphatic rings. The Balaban J connectivity index is 1.46. The second-order valence-corrected chi connectivity index (χ2v) is 9.44. The van der Waals surface area contributed by atoms with Crippen LogP contribution in [0.4, 0.5) is 9.59 Å². The molecule has 0 spiro atoms. The van der Waals surface area contributed by atoms with E-state index in [4.69, 9.17) is 14.4 Å². The van der Waals surface area contributed by atoms with E-state index in [2.05, 4.69) is 12.4 Å². The third-order valence-corrected chi connectivity index (χ3v) is 5.81. The summed E-state index contributed by atoms with van der Waals surface area (Å²) >= 11 is 0. The molecule has 3 heterocycles. The van der Waals surface area contributed by atoms with Gasteiger partial charge in [-0.1, -0.05) is 13.3 Å². The molecule has 0 aromatic carbocycles. The first-order chi connectivity index (χ1) is 14.7. The van der Waals surface area contributed by atoms with Crippen LogP contribution < -0.4 is 5.48 Å². The lowest BCUT2D eigenvalue weighted by molar-refractivity contribution is -0.140. The van der Waals surface area contributed by atoms with Crippen molar-refractivity contribution >= 4 is 18.0 Å². The highest BCUT2D eigenvalue weighted by Crippen LogP contribution is 2.30. The fourth-order valence-electron chi connectivity index (χ4n) is 4.22. The number of piperidine rings is 1. The molecule has 0 aliphatic carbocycles. The Labute approximate surface area is 184 Å². The number of nitrogens with one attached hydrogen (secondary N) is 1. The van der Waals surface area contributed by atoms with Crippen LogP contribution in [-0.4, -0.2) is 82.9 Å². The van der Waals surface area contributed by atoms with Crippen molar-refractivity contribution < 1.29 is 28.8 Å². The maximum absolute atomic E-state index is 12.7. The monoisotopic (exact) mass is 440 g/mol. The number of unbranched alkanes of at least 4 members (excludes halogenated alkanes) is 1. The Morgan fingerprint density at radius 3 is 2.68 bits per heavy atom. The van der Waals surface area contributed by atoms with Gasteiger partial charge in [0.05, 0.1) is 25.3 Å². The summed E-state index contributed by atoms with van der Waals surface area (Å²) in [7, 11) is 0. The summed E-state index contributed by atoms with van der Waals surface area (Å²) in [6.07, 6.45) is 4.43. The highest BCUT2D eigenvalue weighted by Gasteiger charge is 2.48. The zero-order valence-electron chi connectivity index (χ0n) is 19.1. The molecule has 3 rings (SSSR count). The SMILES string of the molecule is CCCCON1C(=O)N2C[C@@H]1CC[C@H]2C(=O)NOC[C@H]1CCCN1C(=O)OC(C)(C)C. The van der Waals surface area contributed by atoms with E-state index in [1.807, 2.05) is 20.8 Å². The first kappa shape index (κ1) is 23.6. The molecule has 4 amide bonds. The van der Waals surface area contributed by atoms with E-state index >= 15 is 0 Å². The maximum atomic E-state index is 12.7. The lowest BCUT2D eigenvalue weighted by atomic mass is 10.0. The summed E-state index contributed by atoms with van der Waals surface area (Å²) in [5, 5.41) is 1.43. The van der Waals surface area contributed by atoms with Crippen LogP contribution in [0.1, 0.15) is 66.2 Å². The third-order valence-electron chi connectivity index (χ3n) is 5.81. The van der Waals surface area contributed by atoms with Crippen LogP contribution >= 0.6 is 0 Å². The van der Waals surface area contributed by atoms with Crippen LogP contribution in [0.2, 0.25) is 0 Å². The van der Waals surface area contributed by atoms with E-state index in [1.165, 1.54) is 5.06 Å². The van der Waals surface area contributed by atoms with Crippen molar-refractivity contribution in [3.8, 4) is 0 Å². The van der Waals surface area contributed by atoms with E-state index in [0.29, 0.717) is 32.5 Å². The summed E-state index contributed by atoms with van der Waals surface area (Å²) in [5.41, 5.74) is 1.93. The third kappa shape index (κ3) is 5.79. The number of hydroxylamine groups is 3. The minimum atomic E-state index is -0.575. The van der Waals surface area contributed by atoms with Crippen molar-refractivity contribution in [1.82, 2.24) is 20.3 Å². The summed E-state index contributed by atoms with van der Waals surface area (Å²) < 4.78 is 5.45. The van der Waals surface area contributed by atoms with E-state index in [1.54, 1.807) is 9.80 Å². The Kier molecular flexibility index (Phi) is 7.64. The minimum Gasteiger partial charge on any atom is -0.444 e. The van der Waals surface area contributed by atoms with Crippen molar-refractivity contribution in [3.05, 3.63) is 0 Å². The van der Waals surface area contributed by atoms with Gasteiger partial charge in [-0.3, -0.25) is 14.5 Å². The van der Waals surface area contributed by atoms with Crippen molar-refractivity contribution in [1.29, 1.82) is 0 Å². The predicted octanol–water partition coefficient (Wildman–Crippen LogP) is 2.43. The summed E-state index contributed by atoms with van der Waals surface area (Å²) in [6, 6.07) is -0.989. The molecule has 2 bridgehead atoms. The number of hydrogen-bond acceptors (Lipinski definition) is 6. The zero-order chi connectivity index (χ0) is 22.6. The van der Waals surface area contributed by atoms with Crippen molar-refractivity contribution in [2.45, 2.75) is 89.9 Å². The van der Waals surface area contributed by atoms with Crippen LogP contribution in [0, 0.1) is 0 Å².